The van der Waals surface area contributed by atoms with Crippen LogP contribution < -0.4 is 4.57 Å². The van der Waals surface area contributed by atoms with E-state index in [4.69, 9.17) is 0 Å². The minimum atomic E-state index is 0.199. The molecule has 0 saturated carbocycles. The number of hydrogen-bond acceptors (Lipinski definition) is 0. The Bertz CT molecular complexity index is 1080. The van der Waals surface area contributed by atoms with E-state index in [9.17, 15) is 0 Å². The van der Waals surface area contributed by atoms with Crippen LogP contribution in [0.1, 0.15) is 73.9 Å². The molecule has 2 heterocycles. The monoisotopic (exact) mass is 396 g/mol. The SMILES string of the molecule is CCC1(CC)C[n+]2c(ccc3c2C=CCC3)-c2ccc(C3C=CC=CC3C)c(C)c21. The molecule has 0 amide bonds. The van der Waals surface area contributed by atoms with Gasteiger partial charge in [0.2, 0.25) is 11.4 Å². The number of nitrogens with zero attached hydrogens (tertiary/aromatic N) is 1. The first-order valence-corrected chi connectivity index (χ1v) is 11.8. The highest BCUT2D eigenvalue weighted by Gasteiger charge is 2.44. The lowest BCUT2D eigenvalue weighted by molar-refractivity contribution is -0.699. The molecule has 0 spiro atoms. The number of rotatable bonds is 3. The normalized spacial score (nSPS) is 23.1. The van der Waals surface area contributed by atoms with Crippen molar-refractivity contribution in [2.45, 2.75) is 71.3 Å². The van der Waals surface area contributed by atoms with Gasteiger partial charge in [-0.15, -0.1) is 0 Å². The van der Waals surface area contributed by atoms with Crippen LogP contribution in [0.25, 0.3) is 17.3 Å². The third kappa shape index (κ3) is 2.78. The second-order valence-corrected chi connectivity index (χ2v) is 9.50. The van der Waals surface area contributed by atoms with Crippen molar-refractivity contribution in [3.8, 4) is 11.3 Å². The molecule has 1 aliphatic heterocycles. The molecular formula is C29H34N+. The Hall–Kier alpha value is -2.41. The minimum Gasteiger partial charge on any atom is -0.191 e. The van der Waals surface area contributed by atoms with Gasteiger partial charge in [0.1, 0.15) is 0 Å². The van der Waals surface area contributed by atoms with Gasteiger partial charge in [0.25, 0.3) is 0 Å². The average molecular weight is 397 g/mol. The standard InChI is InChI=1S/C29H34N/c1-5-29(6-2)19-30-26-14-10-8-12-22(26)15-18-27(30)25-17-16-24(21(4)28(25)29)23-13-9-7-11-20(23)3/h7,9-11,13-18,20,23H,5-6,8,12,19H2,1-4H3/q+1. The zero-order valence-corrected chi connectivity index (χ0v) is 18.9. The van der Waals surface area contributed by atoms with Crippen molar-refractivity contribution in [3.63, 3.8) is 0 Å². The predicted molar refractivity (Wildman–Crippen MR) is 127 cm³/mol. The fraction of sp³-hybridized carbons (Fsp3) is 0.414. The van der Waals surface area contributed by atoms with E-state index in [2.05, 4.69) is 93.0 Å². The number of hydrogen-bond donors (Lipinski definition) is 0. The second-order valence-electron chi connectivity index (χ2n) is 9.50. The Morgan fingerprint density at radius 1 is 1.03 bits per heavy atom. The van der Waals surface area contributed by atoms with Crippen LogP contribution in [-0.2, 0) is 18.4 Å². The molecule has 0 N–H and O–H groups in total. The molecule has 0 fully saturated rings. The molecule has 2 aliphatic carbocycles. The summed E-state index contributed by atoms with van der Waals surface area (Å²) >= 11 is 0. The number of fused-ring (bicyclic) bond motifs is 5. The molecule has 0 saturated heterocycles. The lowest BCUT2D eigenvalue weighted by atomic mass is 9.67. The molecule has 0 bridgehead atoms. The van der Waals surface area contributed by atoms with Crippen LogP contribution in [0.4, 0.5) is 0 Å². The van der Waals surface area contributed by atoms with E-state index >= 15 is 0 Å². The van der Waals surface area contributed by atoms with Gasteiger partial charge >= 0.3 is 0 Å². The molecule has 3 aliphatic rings. The molecule has 2 unspecified atom stereocenters. The maximum absolute atomic E-state index is 2.63. The van der Waals surface area contributed by atoms with E-state index in [1.807, 2.05) is 0 Å². The van der Waals surface area contributed by atoms with E-state index in [1.54, 1.807) is 5.56 Å². The first-order chi connectivity index (χ1) is 14.6. The Morgan fingerprint density at radius 3 is 2.60 bits per heavy atom. The van der Waals surface area contributed by atoms with Gasteiger partial charge in [-0.2, -0.15) is 4.57 Å². The molecule has 1 aromatic heterocycles. The Balaban J connectivity index is 1.76. The zero-order valence-electron chi connectivity index (χ0n) is 18.9. The molecule has 30 heavy (non-hydrogen) atoms. The second kappa shape index (κ2) is 7.38. The molecule has 2 atom stereocenters. The Kier molecular flexibility index (Phi) is 4.81. The van der Waals surface area contributed by atoms with Crippen molar-refractivity contribution in [3.05, 3.63) is 82.6 Å². The first-order valence-electron chi connectivity index (χ1n) is 11.8. The summed E-state index contributed by atoms with van der Waals surface area (Å²) in [6.45, 7) is 10.6. The number of allylic oxidation sites excluding steroid dienone is 5. The van der Waals surface area contributed by atoms with Crippen molar-refractivity contribution in [2.75, 3.05) is 0 Å². The number of pyridine rings is 1. The average Bonchev–Trinajstić information content (AvgIpc) is 2.79. The molecule has 154 valence electrons. The topological polar surface area (TPSA) is 3.88 Å². The van der Waals surface area contributed by atoms with Gasteiger partial charge in [-0.3, -0.25) is 0 Å². The third-order valence-electron chi connectivity index (χ3n) is 8.11. The van der Waals surface area contributed by atoms with Crippen molar-refractivity contribution in [1.82, 2.24) is 0 Å². The van der Waals surface area contributed by atoms with Crippen LogP contribution in [0.5, 0.6) is 0 Å². The summed E-state index contributed by atoms with van der Waals surface area (Å²) in [6, 6.07) is 9.61. The molecule has 1 aromatic carbocycles. The van der Waals surface area contributed by atoms with Crippen LogP contribution in [0.15, 0.2) is 54.6 Å². The molecule has 2 aromatic rings. The van der Waals surface area contributed by atoms with Gasteiger partial charge in [0.15, 0.2) is 6.54 Å². The van der Waals surface area contributed by atoms with Gasteiger partial charge in [0, 0.05) is 23.6 Å². The summed E-state index contributed by atoms with van der Waals surface area (Å²) < 4.78 is 2.63. The maximum Gasteiger partial charge on any atom is 0.213 e. The van der Waals surface area contributed by atoms with Crippen molar-refractivity contribution < 1.29 is 4.57 Å². The highest BCUT2D eigenvalue weighted by Crippen LogP contribution is 2.46. The van der Waals surface area contributed by atoms with Crippen LogP contribution in [-0.4, -0.2) is 0 Å². The lowest BCUT2D eigenvalue weighted by Gasteiger charge is -2.38. The number of aromatic nitrogens is 1. The quantitative estimate of drug-likeness (QED) is 0.501. The van der Waals surface area contributed by atoms with Gasteiger partial charge in [-0.25, -0.2) is 0 Å². The highest BCUT2D eigenvalue weighted by atomic mass is 15.0. The summed E-state index contributed by atoms with van der Waals surface area (Å²) in [7, 11) is 0. The van der Waals surface area contributed by atoms with E-state index in [0.29, 0.717) is 11.8 Å². The van der Waals surface area contributed by atoms with Crippen LogP contribution >= 0.6 is 0 Å². The summed E-state index contributed by atoms with van der Waals surface area (Å²) in [5.74, 6) is 1.03. The molecular weight excluding hydrogens is 362 g/mol. The third-order valence-corrected chi connectivity index (χ3v) is 8.11. The Labute approximate surface area is 181 Å². The largest absolute Gasteiger partial charge is 0.213 e. The summed E-state index contributed by atoms with van der Waals surface area (Å²) in [5.41, 5.74) is 10.6. The predicted octanol–water partition coefficient (Wildman–Crippen LogP) is 6.83. The van der Waals surface area contributed by atoms with E-state index in [-0.39, 0.29) is 5.41 Å². The summed E-state index contributed by atoms with van der Waals surface area (Å²) in [6.07, 6.45) is 18.6. The summed E-state index contributed by atoms with van der Waals surface area (Å²) in [5, 5.41) is 0. The molecule has 1 heteroatoms. The van der Waals surface area contributed by atoms with Crippen molar-refractivity contribution in [2.24, 2.45) is 5.92 Å². The smallest absolute Gasteiger partial charge is 0.191 e. The molecule has 5 rings (SSSR count). The molecule has 0 radical (unpaired) electrons. The van der Waals surface area contributed by atoms with Gasteiger partial charge in [-0.05, 0) is 67.3 Å². The van der Waals surface area contributed by atoms with E-state index < -0.39 is 0 Å². The number of benzene rings is 1. The van der Waals surface area contributed by atoms with Crippen LogP contribution in [0, 0.1) is 12.8 Å². The van der Waals surface area contributed by atoms with E-state index in [1.165, 1.54) is 59.3 Å². The lowest BCUT2D eigenvalue weighted by Crippen LogP contribution is -2.53. The zero-order chi connectivity index (χ0) is 20.9. The maximum atomic E-state index is 2.63. The van der Waals surface area contributed by atoms with Crippen LogP contribution in [0.3, 0.4) is 0 Å². The molecule has 1 nitrogen and oxygen atoms in total. The van der Waals surface area contributed by atoms with Crippen molar-refractivity contribution in [1.29, 1.82) is 0 Å². The Morgan fingerprint density at radius 2 is 1.83 bits per heavy atom. The van der Waals surface area contributed by atoms with Crippen molar-refractivity contribution >= 4 is 6.08 Å². The minimum absolute atomic E-state index is 0.199. The fourth-order valence-corrected chi connectivity index (χ4v) is 6.21. The van der Waals surface area contributed by atoms with Gasteiger partial charge in [-0.1, -0.05) is 57.2 Å². The van der Waals surface area contributed by atoms with Gasteiger partial charge in [0.05, 0.1) is 11.0 Å². The van der Waals surface area contributed by atoms with Gasteiger partial charge < -0.3 is 0 Å². The first kappa shape index (κ1) is 19.5. The van der Waals surface area contributed by atoms with Crippen LogP contribution in [0.2, 0.25) is 0 Å². The summed E-state index contributed by atoms with van der Waals surface area (Å²) in [4.78, 5) is 0. The highest BCUT2D eigenvalue weighted by molar-refractivity contribution is 5.69. The fourth-order valence-electron chi connectivity index (χ4n) is 6.21. The number of aryl methyl sites for hydroxylation is 1. The van der Waals surface area contributed by atoms with E-state index in [0.717, 1.165) is 6.54 Å².